The van der Waals surface area contributed by atoms with Crippen molar-refractivity contribution in [3.8, 4) is 17.1 Å². The quantitative estimate of drug-likeness (QED) is 0.481. The number of aromatic nitrogens is 5. The molecular formula is C23H27N5O. The minimum absolute atomic E-state index is 0.508. The van der Waals surface area contributed by atoms with E-state index in [0.717, 1.165) is 28.2 Å². The van der Waals surface area contributed by atoms with Crippen molar-refractivity contribution in [3.05, 3.63) is 60.4 Å². The average Bonchev–Trinajstić information content (AvgIpc) is 3.32. The number of methoxy groups -OCH3 is 1. The van der Waals surface area contributed by atoms with Gasteiger partial charge in [-0.15, -0.1) is 0 Å². The number of hydrogen-bond donors (Lipinski definition) is 0. The molecule has 1 saturated carbocycles. The number of ether oxygens (including phenoxy) is 1. The molecule has 4 aromatic rings. The van der Waals surface area contributed by atoms with Gasteiger partial charge < -0.3 is 13.9 Å². The summed E-state index contributed by atoms with van der Waals surface area (Å²) >= 11 is 0. The lowest BCUT2D eigenvalue weighted by Crippen LogP contribution is -2.04. The Labute approximate surface area is 171 Å². The third-order valence-corrected chi connectivity index (χ3v) is 5.08. The second-order valence-corrected chi connectivity index (χ2v) is 7.14. The number of benzene rings is 1. The zero-order valence-corrected chi connectivity index (χ0v) is 17.5. The van der Waals surface area contributed by atoms with Crippen LogP contribution in [-0.2, 0) is 6.54 Å². The van der Waals surface area contributed by atoms with Crippen molar-refractivity contribution in [1.82, 2.24) is 24.1 Å². The molecule has 1 fully saturated rings. The summed E-state index contributed by atoms with van der Waals surface area (Å²) in [5.74, 6) is 1.77. The lowest BCUT2D eigenvalue weighted by atomic mass is 10.1. The number of nitrogens with zero attached hydrogens (tertiary/aromatic N) is 5. The SMILES string of the molecule is CC.COc1c(Cn2ccnc2)cncc1-c1nc2ccc(C)cc2n1C1CC1. The van der Waals surface area contributed by atoms with Gasteiger partial charge in [-0.1, -0.05) is 19.9 Å². The number of pyridine rings is 1. The number of imidazole rings is 2. The third-order valence-electron chi connectivity index (χ3n) is 5.08. The van der Waals surface area contributed by atoms with Gasteiger partial charge >= 0.3 is 0 Å². The highest BCUT2D eigenvalue weighted by Crippen LogP contribution is 2.43. The van der Waals surface area contributed by atoms with Crippen molar-refractivity contribution in [2.75, 3.05) is 7.11 Å². The van der Waals surface area contributed by atoms with E-state index in [2.05, 4.69) is 39.7 Å². The van der Waals surface area contributed by atoms with Crippen molar-refractivity contribution in [1.29, 1.82) is 0 Å². The number of hydrogen-bond acceptors (Lipinski definition) is 4. The average molecular weight is 390 g/mol. The first-order valence-electron chi connectivity index (χ1n) is 10.2. The predicted octanol–water partition coefficient (Wildman–Crippen LogP) is 5.02. The van der Waals surface area contributed by atoms with E-state index >= 15 is 0 Å². The maximum atomic E-state index is 5.83. The van der Waals surface area contributed by atoms with E-state index in [1.807, 2.05) is 37.0 Å². The fourth-order valence-electron chi connectivity index (χ4n) is 3.68. The maximum absolute atomic E-state index is 5.83. The summed E-state index contributed by atoms with van der Waals surface area (Å²) in [7, 11) is 1.71. The van der Waals surface area contributed by atoms with Gasteiger partial charge in [-0.2, -0.15) is 0 Å². The second-order valence-electron chi connectivity index (χ2n) is 7.14. The van der Waals surface area contributed by atoms with Gasteiger partial charge in [-0.3, -0.25) is 4.98 Å². The number of rotatable bonds is 5. The zero-order valence-electron chi connectivity index (χ0n) is 17.5. The molecule has 1 aliphatic carbocycles. The van der Waals surface area contributed by atoms with E-state index < -0.39 is 0 Å². The Kier molecular flexibility index (Phi) is 5.34. The molecule has 0 atom stereocenters. The molecule has 0 unspecified atom stereocenters. The van der Waals surface area contributed by atoms with Crippen LogP contribution < -0.4 is 4.74 Å². The predicted molar refractivity (Wildman–Crippen MR) is 115 cm³/mol. The molecule has 0 aliphatic heterocycles. The summed E-state index contributed by atoms with van der Waals surface area (Å²) in [6, 6.07) is 6.94. The highest BCUT2D eigenvalue weighted by molar-refractivity contribution is 5.83. The van der Waals surface area contributed by atoms with Crippen molar-refractivity contribution >= 4 is 11.0 Å². The Morgan fingerprint density at radius 3 is 2.66 bits per heavy atom. The molecule has 0 N–H and O–H groups in total. The number of fused-ring (bicyclic) bond motifs is 1. The molecule has 3 heterocycles. The van der Waals surface area contributed by atoms with Crippen molar-refractivity contribution in [2.24, 2.45) is 0 Å². The highest BCUT2D eigenvalue weighted by Gasteiger charge is 2.30. The molecule has 0 saturated heterocycles. The van der Waals surface area contributed by atoms with Crippen LogP contribution in [0.15, 0.2) is 49.3 Å². The Morgan fingerprint density at radius 2 is 1.97 bits per heavy atom. The van der Waals surface area contributed by atoms with E-state index in [9.17, 15) is 0 Å². The Morgan fingerprint density at radius 1 is 1.14 bits per heavy atom. The van der Waals surface area contributed by atoms with E-state index in [0.29, 0.717) is 12.6 Å². The maximum Gasteiger partial charge on any atom is 0.146 e. The van der Waals surface area contributed by atoms with Crippen LogP contribution in [0.25, 0.3) is 22.4 Å². The van der Waals surface area contributed by atoms with Gasteiger partial charge in [0.25, 0.3) is 0 Å². The molecule has 0 bridgehead atoms. The molecular weight excluding hydrogens is 362 g/mol. The summed E-state index contributed by atoms with van der Waals surface area (Å²) < 4.78 is 10.2. The fraction of sp³-hybridized carbons (Fsp3) is 0.348. The molecule has 1 aromatic carbocycles. The van der Waals surface area contributed by atoms with Crippen LogP contribution in [0.3, 0.4) is 0 Å². The van der Waals surface area contributed by atoms with Crippen LogP contribution in [0.4, 0.5) is 0 Å². The van der Waals surface area contributed by atoms with Crippen LogP contribution in [0.5, 0.6) is 5.75 Å². The first-order valence-corrected chi connectivity index (χ1v) is 10.2. The summed E-state index contributed by atoms with van der Waals surface area (Å²) in [5, 5.41) is 0. The molecule has 0 amide bonds. The monoisotopic (exact) mass is 389 g/mol. The largest absolute Gasteiger partial charge is 0.496 e. The van der Waals surface area contributed by atoms with Crippen LogP contribution in [0.2, 0.25) is 0 Å². The fourth-order valence-corrected chi connectivity index (χ4v) is 3.68. The smallest absolute Gasteiger partial charge is 0.146 e. The minimum atomic E-state index is 0.508. The highest BCUT2D eigenvalue weighted by atomic mass is 16.5. The van der Waals surface area contributed by atoms with E-state index in [4.69, 9.17) is 9.72 Å². The minimum Gasteiger partial charge on any atom is -0.496 e. The van der Waals surface area contributed by atoms with Gasteiger partial charge in [0.15, 0.2) is 0 Å². The standard InChI is InChI=1S/C21H21N5O.C2H6/c1-14-3-6-18-19(9-14)26(16-4-5-16)21(24-18)17-11-23-10-15(20(17)27-2)12-25-8-7-22-13-25;1-2/h3,6-11,13,16H,4-5,12H2,1-2H3;1-2H3. The summed E-state index contributed by atoms with van der Waals surface area (Å²) in [6.45, 7) is 6.78. The van der Waals surface area contributed by atoms with Crippen molar-refractivity contribution < 1.29 is 4.74 Å². The van der Waals surface area contributed by atoms with Gasteiger partial charge in [0, 0.05) is 36.4 Å². The normalized spacial score (nSPS) is 13.2. The second kappa shape index (κ2) is 8.07. The molecule has 5 rings (SSSR count). The molecule has 3 aromatic heterocycles. The summed E-state index contributed by atoms with van der Waals surface area (Å²) in [5.41, 5.74) is 5.41. The van der Waals surface area contributed by atoms with Crippen molar-refractivity contribution in [2.45, 2.75) is 46.2 Å². The molecule has 29 heavy (non-hydrogen) atoms. The van der Waals surface area contributed by atoms with E-state index in [1.54, 1.807) is 19.6 Å². The Balaban J connectivity index is 0.000000994. The molecule has 150 valence electrons. The molecule has 0 spiro atoms. The number of aryl methyl sites for hydroxylation is 1. The first kappa shape index (κ1) is 19.2. The Bertz CT molecular complexity index is 1110. The summed E-state index contributed by atoms with van der Waals surface area (Å²) in [6.07, 6.45) is 11.6. The van der Waals surface area contributed by atoms with Crippen LogP contribution in [0.1, 0.15) is 43.9 Å². The Hall–Kier alpha value is -3.15. The molecule has 0 radical (unpaired) electrons. The summed E-state index contributed by atoms with van der Waals surface area (Å²) in [4.78, 5) is 13.6. The van der Waals surface area contributed by atoms with Gasteiger partial charge in [-0.05, 0) is 37.5 Å². The van der Waals surface area contributed by atoms with E-state index in [1.165, 1.54) is 23.9 Å². The third kappa shape index (κ3) is 3.62. The van der Waals surface area contributed by atoms with Crippen LogP contribution in [-0.4, -0.2) is 31.2 Å². The van der Waals surface area contributed by atoms with Gasteiger partial charge in [-0.25, -0.2) is 9.97 Å². The molecule has 6 nitrogen and oxygen atoms in total. The van der Waals surface area contributed by atoms with E-state index in [-0.39, 0.29) is 0 Å². The molecule has 1 aliphatic rings. The van der Waals surface area contributed by atoms with Gasteiger partial charge in [0.1, 0.15) is 11.6 Å². The zero-order chi connectivity index (χ0) is 20.4. The molecule has 6 heteroatoms. The lowest BCUT2D eigenvalue weighted by molar-refractivity contribution is 0.409. The van der Waals surface area contributed by atoms with Crippen molar-refractivity contribution in [3.63, 3.8) is 0 Å². The lowest BCUT2D eigenvalue weighted by Gasteiger charge is -2.14. The van der Waals surface area contributed by atoms with Gasteiger partial charge in [0.2, 0.25) is 0 Å². The van der Waals surface area contributed by atoms with Crippen LogP contribution >= 0.6 is 0 Å². The van der Waals surface area contributed by atoms with Gasteiger partial charge in [0.05, 0.1) is 36.6 Å². The van der Waals surface area contributed by atoms with Crippen LogP contribution in [0, 0.1) is 6.92 Å². The topological polar surface area (TPSA) is 57.8 Å². The first-order chi connectivity index (χ1) is 14.2.